The molecule has 11 heteroatoms. The maximum atomic E-state index is 12.6. The van der Waals surface area contributed by atoms with Crippen molar-refractivity contribution in [3.05, 3.63) is 54.0 Å². The molecule has 0 saturated carbocycles. The van der Waals surface area contributed by atoms with Crippen molar-refractivity contribution in [2.75, 3.05) is 31.1 Å². The summed E-state index contributed by atoms with van der Waals surface area (Å²) in [4.78, 5) is 51.6. The summed E-state index contributed by atoms with van der Waals surface area (Å²) in [7, 11) is 0. The van der Waals surface area contributed by atoms with Crippen molar-refractivity contribution in [3.8, 4) is 0 Å². The molecule has 33 heavy (non-hydrogen) atoms. The number of ether oxygens (including phenoxy) is 1. The number of carbonyl (C=O) groups is 3. The lowest BCUT2D eigenvalue weighted by atomic mass is 10.2. The number of rotatable bonds is 8. The van der Waals surface area contributed by atoms with E-state index in [-0.39, 0.29) is 25.1 Å². The monoisotopic (exact) mass is 456 g/mol. The van der Waals surface area contributed by atoms with Crippen molar-refractivity contribution in [1.82, 2.24) is 25.7 Å². The Bertz CT molecular complexity index is 961. The normalized spacial score (nSPS) is 13.7. The molecule has 0 spiro atoms. The van der Waals surface area contributed by atoms with Crippen LogP contribution in [-0.2, 0) is 16.1 Å². The van der Waals surface area contributed by atoms with Crippen LogP contribution < -0.4 is 15.5 Å². The number of alkyl carbamates (subject to hydrolysis) is 1. The van der Waals surface area contributed by atoms with Gasteiger partial charge in [-0.3, -0.25) is 19.5 Å². The minimum absolute atomic E-state index is 0.127. The highest BCUT2D eigenvalue weighted by Gasteiger charge is 2.31. The van der Waals surface area contributed by atoms with E-state index in [4.69, 9.17) is 9.57 Å². The van der Waals surface area contributed by atoms with Crippen LogP contribution in [0.4, 0.5) is 15.4 Å². The molecule has 11 nitrogen and oxygen atoms in total. The average molecular weight is 457 g/mol. The lowest BCUT2D eigenvalue weighted by molar-refractivity contribution is -0.101. The second kappa shape index (κ2) is 10.7. The SMILES string of the molecule is CC(C)(C)OC(=O)NCCON1CCN(c2ccc(CNC(=O)c3cccnc3)cn2)C1=O. The Morgan fingerprint density at radius 1 is 1.12 bits per heavy atom. The molecular weight excluding hydrogens is 428 g/mol. The molecule has 3 heterocycles. The van der Waals surface area contributed by atoms with Crippen LogP contribution >= 0.6 is 0 Å². The molecule has 2 aromatic rings. The minimum atomic E-state index is -0.579. The molecular formula is C22H28N6O5. The lowest BCUT2D eigenvalue weighted by Crippen LogP contribution is -2.37. The predicted octanol–water partition coefficient (Wildman–Crippen LogP) is 2.10. The molecule has 0 radical (unpaired) electrons. The lowest BCUT2D eigenvalue weighted by Gasteiger charge is -2.20. The summed E-state index contributed by atoms with van der Waals surface area (Å²) in [5.41, 5.74) is 0.694. The number of nitrogens with zero attached hydrogens (tertiary/aromatic N) is 4. The highest BCUT2D eigenvalue weighted by molar-refractivity contribution is 5.94. The summed E-state index contributed by atoms with van der Waals surface area (Å²) in [5.74, 6) is 0.260. The van der Waals surface area contributed by atoms with E-state index in [0.717, 1.165) is 5.56 Å². The molecule has 2 N–H and O–H groups in total. The van der Waals surface area contributed by atoms with Gasteiger partial charge in [-0.1, -0.05) is 6.07 Å². The summed E-state index contributed by atoms with van der Waals surface area (Å²) < 4.78 is 5.14. The predicted molar refractivity (Wildman–Crippen MR) is 119 cm³/mol. The molecule has 4 amide bonds. The number of hydroxylamine groups is 2. The second-order valence-electron chi connectivity index (χ2n) is 8.25. The average Bonchev–Trinajstić information content (AvgIpc) is 3.15. The highest BCUT2D eigenvalue weighted by Crippen LogP contribution is 2.18. The van der Waals surface area contributed by atoms with Gasteiger partial charge in [-0.15, -0.1) is 0 Å². The third-order valence-electron chi connectivity index (χ3n) is 4.45. The molecule has 1 aliphatic heterocycles. The molecule has 0 bridgehead atoms. The number of amides is 4. The standard InChI is InChI=1S/C22H28N6O5/c1-22(2,3)33-20(30)24-9-12-32-28-11-10-27(21(28)31)18-7-6-16(13-25-18)14-26-19(29)17-5-4-8-23-15-17/h4-8,13,15H,9-12,14H2,1-3H3,(H,24,30)(H,26,29). The smallest absolute Gasteiger partial charge is 0.407 e. The number of aromatic nitrogens is 2. The van der Waals surface area contributed by atoms with E-state index in [0.29, 0.717) is 31.0 Å². The topological polar surface area (TPSA) is 126 Å². The van der Waals surface area contributed by atoms with Crippen LogP contribution in [0.15, 0.2) is 42.9 Å². The van der Waals surface area contributed by atoms with E-state index in [9.17, 15) is 14.4 Å². The molecule has 1 saturated heterocycles. The van der Waals surface area contributed by atoms with Crippen molar-refractivity contribution in [2.45, 2.75) is 32.9 Å². The quantitative estimate of drug-likeness (QED) is 0.583. The van der Waals surface area contributed by atoms with Gasteiger partial charge in [-0.2, -0.15) is 0 Å². The van der Waals surface area contributed by atoms with Gasteiger partial charge in [0.2, 0.25) is 0 Å². The first-order chi connectivity index (χ1) is 15.7. The number of carbonyl (C=O) groups excluding carboxylic acids is 3. The number of hydrogen-bond donors (Lipinski definition) is 2. The van der Waals surface area contributed by atoms with Gasteiger partial charge in [-0.05, 0) is 44.5 Å². The summed E-state index contributed by atoms with van der Waals surface area (Å²) >= 11 is 0. The zero-order chi connectivity index (χ0) is 23.8. The molecule has 1 fully saturated rings. The maximum absolute atomic E-state index is 12.6. The third kappa shape index (κ3) is 7.14. The number of anilines is 1. The van der Waals surface area contributed by atoms with Crippen LogP contribution in [0.3, 0.4) is 0 Å². The molecule has 1 aliphatic rings. The van der Waals surface area contributed by atoms with Gasteiger partial charge in [0, 0.05) is 38.2 Å². The Morgan fingerprint density at radius 2 is 1.94 bits per heavy atom. The first-order valence-electron chi connectivity index (χ1n) is 10.5. The summed E-state index contributed by atoms with van der Waals surface area (Å²) in [5, 5.41) is 6.61. The summed E-state index contributed by atoms with van der Waals surface area (Å²) in [6, 6.07) is 6.56. The van der Waals surface area contributed by atoms with Crippen molar-refractivity contribution in [3.63, 3.8) is 0 Å². The van der Waals surface area contributed by atoms with E-state index in [1.807, 2.05) is 0 Å². The Labute approximate surface area is 192 Å². The molecule has 0 atom stereocenters. The molecule has 0 unspecified atom stereocenters. The Balaban J connectivity index is 1.42. The van der Waals surface area contributed by atoms with Gasteiger partial charge < -0.3 is 15.4 Å². The van der Waals surface area contributed by atoms with Gasteiger partial charge in [0.25, 0.3) is 5.91 Å². The largest absolute Gasteiger partial charge is 0.444 e. The van der Waals surface area contributed by atoms with Crippen LogP contribution in [-0.4, -0.2) is 64.9 Å². The number of nitrogens with one attached hydrogen (secondary N) is 2. The molecule has 0 aromatic carbocycles. The van der Waals surface area contributed by atoms with Crippen molar-refractivity contribution in [2.24, 2.45) is 0 Å². The Hall–Kier alpha value is -3.73. The van der Waals surface area contributed by atoms with Crippen LogP contribution in [0.5, 0.6) is 0 Å². The van der Waals surface area contributed by atoms with Gasteiger partial charge in [-0.25, -0.2) is 19.6 Å². The molecule has 176 valence electrons. The van der Waals surface area contributed by atoms with E-state index >= 15 is 0 Å². The zero-order valence-electron chi connectivity index (χ0n) is 18.9. The fourth-order valence-electron chi connectivity index (χ4n) is 2.93. The third-order valence-corrected chi connectivity index (χ3v) is 4.45. The van der Waals surface area contributed by atoms with E-state index in [2.05, 4.69) is 20.6 Å². The first-order valence-corrected chi connectivity index (χ1v) is 10.5. The van der Waals surface area contributed by atoms with Crippen molar-refractivity contribution in [1.29, 1.82) is 0 Å². The zero-order valence-corrected chi connectivity index (χ0v) is 18.9. The molecule has 0 aliphatic carbocycles. The highest BCUT2D eigenvalue weighted by atomic mass is 16.7. The second-order valence-corrected chi connectivity index (χ2v) is 8.25. The molecule has 3 rings (SSSR count). The van der Waals surface area contributed by atoms with Gasteiger partial charge in [0.05, 0.1) is 18.7 Å². The van der Waals surface area contributed by atoms with Crippen LogP contribution in [0.2, 0.25) is 0 Å². The fraction of sp³-hybridized carbons (Fsp3) is 0.409. The van der Waals surface area contributed by atoms with E-state index < -0.39 is 11.7 Å². The number of pyridine rings is 2. The number of urea groups is 1. The maximum Gasteiger partial charge on any atom is 0.407 e. The summed E-state index contributed by atoms with van der Waals surface area (Å²) in [6.45, 7) is 6.75. The molecule has 2 aromatic heterocycles. The Morgan fingerprint density at radius 3 is 2.61 bits per heavy atom. The summed E-state index contributed by atoms with van der Waals surface area (Å²) in [6.07, 6.45) is 4.17. The minimum Gasteiger partial charge on any atom is -0.444 e. The number of hydrogen-bond acceptors (Lipinski definition) is 7. The fourth-order valence-corrected chi connectivity index (χ4v) is 2.93. The van der Waals surface area contributed by atoms with Gasteiger partial charge in [0.15, 0.2) is 0 Å². The van der Waals surface area contributed by atoms with Crippen molar-refractivity contribution < 1.29 is 24.0 Å². The van der Waals surface area contributed by atoms with Crippen LogP contribution in [0, 0.1) is 0 Å². The van der Waals surface area contributed by atoms with Crippen LogP contribution in [0.25, 0.3) is 0 Å². The Kier molecular flexibility index (Phi) is 7.78. The first kappa shape index (κ1) is 23.9. The van der Waals surface area contributed by atoms with E-state index in [1.54, 1.807) is 57.4 Å². The van der Waals surface area contributed by atoms with Crippen molar-refractivity contribution >= 4 is 23.8 Å². The van der Waals surface area contributed by atoms with Crippen LogP contribution in [0.1, 0.15) is 36.7 Å². The van der Waals surface area contributed by atoms with E-state index in [1.165, 1.54) is 16.2 Å². The van der Waals surface area contributed by atoms with Gasteiger partial charge >= 0.3 is 12.1 Å². The van der Waals surface area contributed by atoms with Gasteiger partial charge in [0.1, 0.15) is 11.4 Å².